The van der Waals surface area contributed by atoms with Gasteiger partial charge in [0.1, 0.15) is 0 Å². The van der Waals surface area contributed by atoms with Crippen LogP contribution in [0.1, 0.15) is 42.5 Å². The molecule has 1 atom stereocenters. The lowest BCUT2D eigenvalue weighted by Crippen LogP contribution is -2.32. The smallest absolute Gasteiger partial charge is 0.235 e. The molecule has 7 nitrogen and oxygen atoms in total. The Bertz CT molecular complexity index is 795. The number of benzene rings is 1. The minimum absolute atomic E-state index is 0.0298. The average molecular weight is 340 g/mol. The zero-order valence-electron chi connectivity index (χ0n) is 14.1. The lowest BCUT2D eigenvalue weighted by molar-refractivity contribution is -0.126. The first kappa shape index (κ1) is 15.8. The maximum atomic E-state index is 12.4. The lowest BCUT2D eigenvalue weighted by Gasteiger charge is -2.16. The molecule has 2 heterocycles. The standard InChI is InChI=1S/C18H20N4O3/c1-11-2-6-14(7-3-11)22-10-13(8-16(22)23)17(24)19-9-15-20-21-18(25-15)12-4-5-12/h2-3,6-7,12-13H,4-5,8-10H2,1H3,(H,19,24)/t13-/m0/s1. The molecule has 0 radical (unpaired) electrons. The fourth-order valence-corrected chi connectivity index (χ4v) is 3.00. The molecule has 0 unspecified atom stereocenters. The van der Waals surface area contributed by atoms with Crippen LogP contribution in [0.3, 0.4) is 0 Å². The maximum absolute atomic E-state index is 12.4. The van der Waals surface area contributed by atoms with Gasteiger partial charge in [-0.25, -0.2) is 0 Å². The van der Waals surface area contributed by atoms with E-state index in [0.29, 0.717) is 24.2 Å². The van der Waals surface area contributed by atoms with Gasteiger partial charge >= 0.3 is 0 Å². The summed E-state index contributed by atoms with van der Waals surface area (Å²) >= 11 is 0. The Morgan fingerprint density at radius 3 is 2.76 bits per heavy atom. The number of amides is 2. The van der Waals surface area contributed by atoms with Gasteiger partial charge in [-0.05, 0) is 31.9 Å². The van der Waals surface area contributed by atoms with Crippen LogP contribution in [0, 0.1) is 12.8 Å². The summed E-state index contributed by atoms with van der Waals surface area (Å²) in [6.45, 7) is 2.59. The number of nitrogens with zero attached hydrogens (tertiary/aromatic N) is 3. The first-order chi connectivity index (χ1) is 12.1. The van der Waals surface area contributed by atoms with Crippen LogP contribution >= 0.6 is 0 Å². The van der Waals surface area contributed by atoms with Gasteiger partial charge in [-0.3, -0.25) is 9.59 Å². The number of hydrogen-bond acceptors (Lipinski definition) is 5. The summed E-state index contributed by atoms with van der Waals surface area (Å²) in [6, 6.07) is 7.74. The van der Waals surface area contributed by atoms with Crippen LogP contribution in [0.15, 0.2) is 28.7 Å². The predicted molar refractivity (Wildman–Crippen MR) is 89.8 cm³/mol. The van der Waals surface area contributed by atoms with Crippen LogP contribution in [0.5, 0.6) is 0 Å². The third kappa shape index (κ3) is 3.40. The summed E-state index contributed by atoms with van der Waals surface area (Å²) in [7, 11) is 0. The van der Waals surface area contributed by atoms with E-state index >= 15 is 0 Å². The fourth-order valence-electron chi connectivity index (χ4n) is 3.00. The molecule has 1 aliphatic carbocycles. The van der Waals surface area contributed by atoms with Gasteiger partial charge in [0.2, 0.25) is 23.6 Å². The lowest BCUT2D eigenvalue weighted by atomic mass is 10.1. The van der Waals surface area contributed by atoms with Crippen molar-refractivity contribution in [3.63, 3.8) is 0 Å². The van der Waals surface area contributed by atoms with E-state index in [4.69, 9.17) is 4.42 Å². The van der Waals surface area contributed by atoms with Gasteiger partial charge in [0.15, 0.2) is 0 Å². The Morgan fingerprint density at radius 1 is 1.28 bits per heavy atom. The van der Waals surface area contributed by atoms with Gasteiger partial charge < -0.3 is 14.6 Å². The fraction of sp³-hybridized carbons (Fsp3) is 0.444. The number of nitrogens with one attached hydrogen (secondary N) is 1. The van der Waals surface area contributed by atoms with E-state index in [1.807, 2.05) is 31.2 Å². The molecule has 1 saturated carbocycles. The number of aryl methyl sites for hydroxylation is 1. The van der Waals surface area contributed by atoms with Crippen molar-refractivity contribution >= 4 is 17.5 Å². The van der Waals surface area contributed by atoms with Gasteiger partial charge in [-0.15, -0.1) is 10.2 Å². The molecule has 1 aliphatic heterocycles. The van der Waals surface area contributed by atoms with Crippen molar-refractivity contribution in [2.45, 2.75) is 38.6 Å². The summed E-state index contributed by atoms with van der Waals surface area (Å²) in [4.78, 5) is 26.3. The van der Waals surface area contributed by atoms with Crippen molar-refractivity contribution in [3.8, 4) is 0 Å². The van der Waals surface area contributed by atoms with Crippen molar-refractivity contribution in [3.05, 3.63) is 41.6 Å². The normalized spacial score (nSPS) is 20.1. The quantitative estimate of drug-likeness (QED) is 0.898. The largest absolute Gasteiger partial charge is 0.423 e. The average Bonchev–Trinajstić information content (AvgIpc) is 3.22. The summed E-state index contributed by atoms with van der Waals surface area (Å²) in [5, 5.41) is 10.7. The molecule has 0 spiro atoms. The number of hydrogen-bond donors (Lipinski definition) is 1. The van der Waals surface area contributed by atoms with E-state index in [2.05, 4.69) is 15.5 Å². The highest BCUT2D eigenvalue weighted by Crippen LogP contribution is 2.39. The van der Waals surface area contributed by atoms with Gasteiger partial charge in [-0.2, -0.15) is 0 Å². The number of aromatic nitrogens is 2. The minimum Gasteiger partial charge on any atom is -0.423 e. The molecular weight excluding hydrogens is 320 g/mol. The second-order valence-corrected chi connectivity index (χ2v) is 6.77. The number of carbonyl (C=O) groups excluding carboxylic acids is 2. The van der Waals surface area contributed by atoms with E-state index in [1.54, 1.807) is 4.90 Å². The zero-order valence-corrected chi connectivity index (χ0v) is 14.1. The molecule has 130 valence electrons. The summed E-state index contributed by atoms with van der Waals surface area (Å²) in [5.74, 6) is 0.917. The second kappa shape index (κ2) is 6.31. The number of anilines is 1. The van der Waals surface area contributed by atoms with E-state index in [1.165, 1.54) is 0 Å². The molecule has 1 aromatic carbocycles. The van der Waals surface area contributed by atoms with Gasteiger partial charge in [0.25, 0.3) is 0 Å². The highest BCUT2D eigenvalue weighted by atomic mass is 16.4. The highest BCUT2D eigenvalue weighted by Gasteiger charge is 2.35. The van der Waals surface area contributed by atoms with E-state index in [9.17, 15) is 9.59 Å². The van der Waals surface area contributed by atoms with Crippen LogP contribution in [0.2, 0.25) is 0 Å². The minimum atomic E-state index is -0.361. The predicted octanol–water partition coefficient (Wildman–Crippen LogP) is 1.92. The molecule has 4 rings (SSSR count). The Morgan fingerprint density at radius 2 is 2.04 bits per heavy atom. The molecule has 1 aromatic heterocycles. The Hall–Kier alpha value is -2.70. The Labute approximate surface area is 145 Å². The first-order valence-electron chi connectivity index (χ1n) is 8.57. The van der Waals surface area contributed by atoms with E-state index < -0.39 is 0 Å². The molecule has 1 N–H and O–H groups in total. The zero-order chi connectivity index (χ0) is 17.4. The molecular formula is C18H20N4O3. The number of carbonyl (C=O) groups is 2. The van der Waals surface area contributed by atoms with Crippen molar-refractivity contribution in [2.24, 2.45) is 5.92 Å². The topological polar surface area (TPSA) is 88.3 Å². The first-order valence-corrected chi connectivity index (χ1v) is 8.57. The van der Waals surface area contributed by atoms with Crippen molar-refractivity contribution < 1.29 is 14.0 Å². The highest BCUT2D eigenvalue weighted by molar-refractivity contribution is 6.00. The molecule has 25 heavy (non-hydrogen) atoms. The van der Waals surface area contributed by atoms with Crippen molar-refractivity contribution in [1.82, 2.24) is 15.5 Å². The monoisotopic (exact) mass is 340 g/mol. The van der Waals surface area contributed by atoms with Gasteiger partial charge in [-0.1, -0.05) is 17.7 Å². The van der Waals surface area contributed by atoms with Crippen molar-refractivity contribution in [2.75, 3.05) is 11.4 Å². The molecule has 2 amide bonds. The summed E-state index contributed by atoms with van der Waals surface area (Å²) < 4.78 is 5.53. The Kier molecular flexibility index (Phi) is 3.99. The van der Waals surface area contributed by atoms with Crippen molar-refractivity contribution in [1.29, 1.82) is 0 Å². The van der Waals surface area contributed by atoms with E-state index in [0.717, 1.165) is 24.1 Å². The number of rotatable bonds is 5. The summed E-state index contributed by atoms with van der Waals surface area (Å²) in [5.41, 5.74) is 1.96. The molecule has 7 heteroatoms. The molecule has 0 bridgehead atoms. The molecule has 1 saturated heterocycles. The molecule has 2 aromatic rings. The van der Waals surface area contributed by atoms with Gasteiger partial charge in [0.05, 0.1) is 12.5 Å². The third-order valence-electron chi connectivity index (χ3n) is 4.66. The van der Waals surface area contributed by atoms with Crippen LogP contribution in [-0.4, -0.2) is 28.6 Å². The second-order valence-electron chi connectivity index (χ2n) is 6.77. The van der Waals surface area contributed by atoms with E-state index in [-0.39, 0.29) is 30.7 Å². The third-order valence-corrected chi connectivity index (χ3v) is 4.66. The maximum Gasteiger partial charge on any atom is 0.235 e. The van der Waals surface area contributed by atoms with Crippen LogP contribution in [-0.2, 0) is 16.1 Å². The van der Waals surface area contributed by atoms with Crippen LogP contribution in [0.4, 0.5) is 5.69 Å². The summed E-state index contributed by atoms with van der Waals surface area (Å²) in [6.07, 6.45) is 2.40. The Balaban J connectivity index is 1.34. The molecule has 2 aliphatic rings. The molecule has 2 fully saturated rings. The van der Waals surface area contributed by atoms with Crippen LogP contribution < -0.4 is 10.2 Å². The van der Waals surface area contributed by atoms with Gasteiger partial charge in [0, 0.05) is 24.6 Å². The van der Waals surface area contributed by atoms with Crippen LogP contribution in [0.25, 0.3) is 0 Å². The SMILES string of the molecule is Cc1ccc(N2C[C@@H](C(=O)NCc3nnc(C4CC4)o3)CC2=O)cc1.